The second-order valence-corrected chi connectivity index (χ2v) is 4.66. The van der Waals surface area contributed by atoms with Crippen molar-refractivity contribution in [2.24, 2.45) is 5.73 Å². The van der Waals surface area contributed by atoms with Gasteiger partial charge in [-0.15, -0.1) is 11.3 Å². The highest BCUT2D eigenvalue weighted by atomic mass is 79.9. The lowest BCUT2D eigenvalue weighted by Gasteiger charge is -1.97. The minimum atomic E-state index is 0.808. The van der Waals surface area contributed by atoms with Crippen molar-refractivity contribution in [3.8, 4) is 0 Å². The molecule has 0 fully saturated rings. The van der Waals surface area contributed by atoms with Crippen LogP contribution in [0.3, 0.4) is 0 Å². The molecule has 0 spiro atoms. The largest absolute Gasteiger partial charge is 0.330 e. The molecule has 0 saturated carbocycles. The summed E-state index contributed by atoms with van der Waals surface area (Å²) in [6, 6.07) is 0. The van der Waals surface area contributed by atoms with Crippen LogP contribution in [-0.4, -0.2) is 6.54 Å². The normalized spacial score (nSPS) is 10.6. The van der Waals surface area contributed by atoms with Gasteiger partial charge in [0.15, 0.2) is 0 Å². The van der Waals surface area contributed by atoms with Crippen LogP contribution in [0.25, 0.3) is 0 Å². The Morgan fingerprint density at radius 3 is 2.75 bits per heavy atom. The fourth-order valence-electron chi connectivity index (χ4n) is 1.08. The van der Waals surface area contributed by atoms with Crippen LogP contribution >= 0.6 is 27.3 Å². The zero-order chi connectivity index (χ0) is 8.97. The lowest BCUT2D eigenvalue weighted by molar-refractivity contribution is 0.749. The average Bonchev–Trinajstić information content (AvgIpc) is 2.36. The first-order valence-electron chi connectivity index (χ1n) is 4.18. The van der Waals surface area contributed by atoms with Gasteiger partial charge in [0.05, 0.1) is 0 Å². The molecular formula is C9H14BrNS. The Hall–Kier alpha value is 0.140. The SMILES string of the molecule is Cc1csc(CCCCN)c1Br. The highest BCUT2D eigenvalue weighted by Gasteiger charge is 2.04. The molecule has 0 aromatic carbocycles. The molecular weight excluding hydrogens is 234 g/mol. The number of thiophene rings is 1. The van der Waals surface area contributed by atoms with E-state index in [4.69, 9.17) is 5.73 Å². The Morgan fingerprint density at radius 1 is 1.50 bits per heavy atom. The molecule has 1 heterocycles. The summed E-state index contributed by atoms with van der Waals surface area (Å²) < 4.78 is 1.30. The van der Waals surface area contributed by atoms with Crippen LogP contribution < -0.4 is 5.73 Å². The van der Waals surface area contributed by atoms with E-state index in [2.05, 4.69) is 28.2 Å². The standard InChI is InChI=1S/C9H14BrNS/c1-7-6-12-8(9(7)10)4-2-3-5-11/h6H,2-5,11H2,1H3. The summed E-state index contributed by atoms with van der Waals surface area (Å²) in [5.74, 6) is 0. The minimum Gasteiger partial charge on any atom is -0.330 e. The van der Waals surface area contributed by atoms with Crippen molar-refractivity contribution in [2.45, 2.75) is 26.2 Å². The van der Waals surface area contributed by atoms with Gasteiger partial charge < -0.3 is 5.73 Å². The second-order valence-electron chi connectivity index (χ2n) is 2.90. The van der Waals surface area contributed by atoms with E-state index in [1.165, 1.54) is 21.3 Å². The molecule has 68 valence electrons. The Bertz CT molecular complexity index is 245. The molecule has 0 saturated heterocycles. The van der Waals surface area contributed by atoms with E-state index in [1.807, 2.05) is 11.3 Å². The molecule has 2 N–H and O–H groups in total. The van der Waals surface area contributed by atoms with Crippen molar-refractivity contribution in [1.82, 2.24) is 0 Å². The summed E-state index contributed by atoms with van der Waals surface area (Å²) in [5.41, 5.74) is 6.78. The Morgan fingerprint density at radius 2 is 2.25 bits per heavy atom. The topological polar surface area (TPSA) is 26.0 Å². The molecule has 1 rings (SSSR count). The first-order valence-corrected chi connectivity index (χ1v) is 5.85. The third kappa shape index (κ3) is 2.57. The van der Waals surface area contributed by atoms with Crippen LogP contribution in [0.5, 0.6) is 0 Å². The zero-order valence-corrected chi connectivity index (χ0v) is 9.67. The van der Waals surface area contributed by atoms with Crippen molar-refractivity contribution in [3.05, 3.63) is 20.3 Å². The molecule has 0 unspecified atom stereocenters. The average molecular weight is 248 g/mol. The first kappa shape index (κ1) is 10.2. The van der Waals surface area contributed by atoms with Gasteiger partial charge in [0, 0.05) is 9.35 Å². The smallest absolute Gasteiger partial charge is 0.0343 e. The number of unbranched alkanes of at least 4 members (excludes halogenated alkanes) is 1. The molecule has 3 heteroatoms. The van der Waals surface area contributed by atoms with E-state index in [-0.39, 0.29) is 0 Å². The number of rotatable bonds is 4. The van der Waals surface area contributed by atoms with Gasteiger partial charge in [0.2, 0.25) is 0 Å². The molecule has 1 aromatic heterocycles. The zero-order valence-electron chi connectivity index (χ0n) is 7.27. The number of aryl methyl sites for hydroxylation is 2. The van der Waals surface area contributed by atoms with Crippen LogP contribution in [0.15, 0.2) is 9.85 Å². The Kier molecular flexibility index (Phi) is 4.26. The quantitative estimate of drug-likeness (QED) is 0.814. The number of nitrogens with two attached hydrogens (primary N) is 1. The highest BCUT2D eigenvalue weighted by molar-refractivity contribution is 9.10. The monoisotopic (exact) mass is 247 g/mol. The van der Waals surface area contributed by atoms with Gasteiger partial charge in [0.1, 0.15) is 0 Å². The molecule has 12 heavy (non-hydrogen) atoms. The van der Waals surface area contributed by atoms with Crippen LogP contribution in [0.2, 0.25) is 0 Å². The van der Waals surface area contributed by atoms with E-state index in [0.717, 1.165) is 19.4 Å². The van der Waals surface area contributed by atoms with Crippen molar-refractivity contribution in [2.75, 3.05) is 6.54 Å². The first-order chi connectivity index (χ1) is 5.75. The number of hydrogen-bond donors (Lipinski definition) is 1. The summed E-state index contributed by atoms with van der Waals surface area (Å²) in [6.07, 6.45) is 3.49. The van der Waals surface area contributed by atoms with E-state index in [0.29, 0.717) is 0 Å². The molecule has 0 aliphatic rings. The van der Waals surface area contributed by atoms with Crippen molar-refractivity contribution in [3.63, 3.8) is 0 Å². The van der Waals surface area contributed by atoms with Gasteiger partial charge in [0.25, 0.3) is 0 Å². The minimum absolute atomic E-state index is 0.808. The third-order valence-corrected chi connectivity index (χ3v) is 4.36. The molecule has 0 bridgehead atoms. The molecule has 0 aliphatic carbocycles. The molecule has 0 atom stereocenters. The molecule has 0 radical (unpaired) electrons. The lowest BCUT2D eigenvalue weighted by Crippen LogP contribution is -1.98. The predicted octanol–water partition coefficient (Wildman–Crippen LogP) is 3.10. The second kappa shape index (κ2) is 5.00. The maximum Gasteiger partial charge on any atom is 0.0343 e. The summed E-state index contributed by atoms with van der Waals surface area (Å²) in [4.78, 5) is 1.46. The van der Waals surface area contributed by atoms with Gasteiger partial charge >= 0.3 is 0 Å². The third-order valence-electron chi connectivity index (χ3n) is 1.83. The fourth-order valence-corrected chi connectivity index (χ4v) is 2.79. The lowest BCUT2D eigenvalue weighted by atomic mass is 10.2. The van der Waals surface area contributed by atoms with Gasteiger partial charge in [-0.3, -0.25) is 0 Å². The Balaban J connectivity index is 2.46. The van der Waals surface area contributed by atoms with Gasteiger partial charge in [-0.1, -0.05) is 0 Å². The van der Waals surface area contributed by atoms with Crippen molar-refractivity contribution < 1.29 is 0 Å². The van der Waals surface area contributed by atoms with Crippen molar-refractivity contribution >= 4 is 27.3 Å². The van der Waals surface area contributed by atoms with Gasteiger partial charge in [-0.25, -0.2) is 0 Å². The summed E-state index contributed by atoms with van der Waals surface area (Å²) in [7, 11) is 0. The maximum absolute atomic E-state index is 5.43. The van der Waals surface area contributed by atoms with Crippen LogP contribution in [0, 0.1) is 6.92 Å². The molecule has 0 amide bonds. The fraction of sp³-hybridized carbons (Fsp3) is 0.556. The Labute approximate surface area is 86.1 Å². The molecule has 1 nitrogen and oxygen atoms in total. The van der Waals surface area contributed by atoms with E-state index in [1.54, 1.807) is 0 Å². The summed E-state index contributed by atoms with van der Waals surface area (Å²) >= 11 is 5.42. The number of halogens is 1. The number of hydrogen-bond acceptors (Lipinski definition) is 2. The van der Waals surface area contributed by atoms with Crippen LogP contribution in [-0.2, 0) is 6.42 Å². The van der Waals surface area contributed by atoms with E-state index in [9.17, 15) is 0 Å². The van der Waals surface area contributed by atoms with Crippen molar-refractivity contribution in [1.29, 1.82) is 0 Å². The predicted molar refractivity (Wildman–Crippen MR) is 58.7 cm³/mol. The van der Waals surface area contributed by atoms with Gasteiger partial charge in [-0.2, -0.15) is 0 Å². The van der Waals surface area contributed by atoms with Crippen LogP contribution in [0.1, 0.15) is 23.3 Å². The van der Waals surface area contributed by atoms with Gasteiger partial charge in [-0.05, 0) is 59.6 Å². The van der Waals surface area contributed by atoms with Crippen LogP contribution in [0.4, 0.5) is 0 Å². The summed E-state index contributed by atoms with van der Waals surface area (Å²) in [5, 5.41) is 2.20. The molecule has 0 aliphatic heterocycles. The summed E-state index contributed by atoms with van der Waals surface area (Å²) in [6.45, 7) is 2.94. The van der Waals surface area contributed by atoms with E-state index < -0.39 is 0 Å². The highest BCUT2D eigenvalue weighted by Crippen LogP contribution is 2.28. The van der Waals surface area contributed by atoms with E-state index >= 15 is 0 Å². The maximum atomic E-state index is 5.43. The molecule has 1 aromatic rings.